The first-order valence-corrected chi connectivity index (χ1v) is 9.86. The number of rotatable bonds is 10. The van der Waals surface area contributed by atoms with Crippen LogP contribution in [0.1, 0.15) is 70.3 Å². The molecule has 0 atom stereocenters. The number of nitrogens with one attached hydrogen (secondary N) is 1. The maximum absolute atomic E-state index is 12.4. The molecule has 1 amide bonds. The van der Waals surface area contributed by atoms with Crippen molar-refractivity contribution in [3.8, 4) is 5.75 Å². The Labute approximate surface area is 156 Å². The SMILES string of the molecule is CCCOc1ccc(CCC(=O)O)cc1NC(=O)CCC1CCCCC1. The van der Waals surface area contributed by atoms with Crippen LogP contribution in [0, 0.1) is 5.92 Å². The third kappa shape index (κ3) is 7.06. The topological polar surface area (TPSA) is 75.6 Å². The Bertz CT molecular complexity index is 594. The Hall–Kier alpha value is -2.04. The van der Waals surface area contributed by atoms with Crippen LogP contribution in [0.3, 0.4) is 0 Å². The summed E-state index contributed by atoms with van der Waals surface area (Å²) in [6.45, 7) is 2.61. The molecule has 0 bridgehead atoms. The average Bonchev–Trinajstić information content (AvgIpc) is 2.65. The van der Waals surface area contributed by atoms with E-state index in [-0.39, 0.29) is 12.3 Å². The molecule has 0 unspecified atom stereocenters. The highest BCUT2D eigenvalue weighted by Gasteiger charge is 2.16. The van der Waals surface area contributed by atoms with E-state index in [0.717, 1.165) is 18.4 Å². The van der Waals surface area contributed by atoms with E-state index >= 15 is 0 Å². The van der Waals surface area contributed by atoms with Gasteiger partial charge >= 0.3 is 5.97 Å². The van der Waals surface area contributed by atoms with Crippen LogP contribution in [0.5, 0.6) is 5.75 Å². The molecular weight excluding hydrogens is 330 g/mol. The predicted molar refractivity (Wildman–Crippen MR) is 103 cm³/mol. The predicted octanol–water partition coefficient (Wildman–Crippen LogP) is 4.79. The largest absolute Gasteiger partial charge is 0.491 e. The van der Waals surface area contributed by atoms with Crippen molar-refractivity contribution in [3.63, 3.8) is 0 Å². The molecule has 144 valence electrons. The van der Waals surface area contributed by atoms with Gasteiger partial charge in [0.2, 0.25) is 5.91 Å². The van der Waals surface area contributed by atoms with E-state index in [4.69, 9.17) is 9.84 Å². The van der Waals surface area contributed by atoms with Gasteiger partial charge in [-0.2, -0.15) is 0 Å². The lowest BCUT2D eigenvalue weighted by atomic mass is 9.86. The molecule has 1 aromatic carbocycles. The van der Waals surface area contributed by atoms with Crippen molar-refractivity contribution < 1.29 is 19.4 Å². The molecule has 5 heteroatoms. The number of aliphatic carboxylic acids is 1. The minimum Gasteiger partial charge on any atom is -0.491 e. The van der Waals surface area contributed by atoms with Gasteiger partial charge in [0.25, 0.3) is 0 Å². The van der Waals surface area contributed by atoms with E-state index < -0.39 is 5.97 Å². The number of carboxylic acids is 1. The number of carbonyl (C=O) groups is 2. The number of aryl methyl sites for hydroxylation is 1. The number of carbonyl (C=O) groups excluding carboxylic acids is 1. The zero-order chi connectivity index (χ0) is 18.8. The molecule has 1 fully saturated rings. The summed E-state index contributed by atoms with van der Waals surface area (Å²) in [5.41, 5.74) is 1.54. The monoisotopic (exact) mass is 361 g/mol. The van der Waals surface area contributed by atoms with Gasteiger partial charge in [-0.3, -0.25) is 9.59 Å². The fraction of sp³-hybridized carbons (Fsp3) is 0.619. The molecule has 0 aromatic heterocycles. The second-order valence-corrected chi connectivity index (χ2v) is 7.16. The van der Waals surface area contributed by atoms with Crippen LogP contribution in [-0.2, 0) is 16.0 Å². The van der Waals surface area contributed by atoms with Gasteiger partial charge < -0.3 is 15.2 Å². The number of carboxylic acid groups (broad SMARTS) is 1. The molecule has 0 radical (unpaired) electrons. The quantitative estimate of drug-likeness (QED) is 0.628. The number of anilines is 1. The van der Waals surface area contributed by atoms with Crippen molar-refractivity contribution in [1.82, 2.24) is 0 Å². The van der Waals surface area contributed by atoms with E-state index in [9.17, 15) is 9.59 Å². The normalized spacial score (nSPS) is 14.8. The minimum absolute atomic E-state index is 0.00677. The molecule has 1 aliphatic rings. The first-order chi connectivity index (χ1) is 12.6. The number of hydrogen-bond acceptors (Lipinski definition) is 3. The summed E-state index contributed by atoms with van der Waals surface area (Å²) in [6, 6.07) is 5.53. The van der Waals surface area contributed by atoms with E-state index in [2.05, 4.69) is 5.32 Å². The van der Waals surface area contributed by atoms with E-state index in [1.807, 2.05) is 25.1 Å². The number of hydrogen-bond donors (Lipinski definition) is 2. The Balaban J connectivity index is 1.96. The van der Waals surface area contributed by atoms with E-state index in [1.165, 1.54) is 32.1 Å². The molecule has 2 N–H and O–H groups in total. The van der Waals surface area contributed by atoms with Crippen LogP contribution < -0.4 is 10.1 Å². The Kier molecular flexibility index (Phi) is 8.45. The Morgan fingerprint density at radius 1 is 1.19 bits per heavy atom. The summed E-state index contributed by atoms with van der Waals surface area (Å²) in [6.07, 6.45) is 9.23. The third-order valence-electron chi connectivity index (χ3n) is 4.91. The van der Waals surface area contributed by atoms with Crippen molar-refractivity contribution in [3.05, 3.63) is 23.8 Å². The summed E-state index contributed by atoms with van der Waals surface area (Å²) in [5, 5.41) is 11.8. The Morgan fingerprint density at radius 3 is 2.65 bits per heavy atom. The first kappa shape index (κ1) is 20.3. The van der Waals surface area contributed by atoms with Gasteiger partial charge in [0.15, 0.2) is 0 Å². The second-order valence-electron chi connectivity index (χ2n) is 7.16. The van der Waals surface area contributed by atoms with Crippen LogP contribution >= 0.6 is 0 Å². The number of ether oxygens (including phenoxy) is 1. The van der Waals surface area contributed by atoms with Gasteiger partial charge in [-0.05, 0) is 42.9 Å². The maximum atomic E-state index is 12.4. The lowest BCUT2D eigenvalue weighted by Gasteiger charge is -2.21. The molecular formula is C21H31NO4. The zero-order valence-electron chi connectivity index (χ0n) is 15.8. The third-order valence-corrected chi connectivity index (χ3v) is 4.91. The molecule has 5 nitrogen and oxygen atoms in total. The lowest BCUT2D eigenvalue weighted by Crippen LogP contribution is -2.16. The fourth-order valence-electron chi connectivity index (χ4n) is 3.44. The number of amides is 1. The summed E-state index contributed by atoms with van der Waals surface area (Å²) in [5.74, 6) is 0.505. The van der Waals surface area contributed by atoms with E-state index in [0.29, 0.717) is 36.8 Å². The standard InChI is InChI=1S/C21H31NO4/c1-2-14-26-19-11-8-17(10-13-21(24)25)15-18(19)22-20(23)12-9-16-6-4-3-5-7-16/h8,11,15-16H,2-7,9-10,12-14H2,1H3,(H,22,23)(H,24,25). The van der Waals surface area contributed by atoms with Gasteiger partial charge in [0.1, 0.15) is 5.75 Å². The van der Waals surface area contributed by atoms with Crippen molar-refractivity contribution in [1.29, 1.82) is 0 Å². The summed E-state index contributed by atoms with van der Waals surface area (Å²) < 4.78 is 5.73. The van der Waals surface area contributed by atoms with Gasteiger partial charge in [-0.1, -0.05) is 45.1 Å². The van der Waals surface area contributed by atoms with Crippen molar-refractivity contribution in [2.75, 3.05) is 11.9 Å². The molecule has 1 aliphatic carbocycles. The van der Waals surface area contributed by atoms with Crippen LogP contribution in [0.25, 0.3) is 0 Å². The molecule has 1 aromatic rings. The molecule has 0 aliphatic heterocycles. The van der Waals surface area contributed by atoms with Crippen LogP contribution in [0.15, 0.2) is 18.2 Å². The molecule has 26 heavy (non-hydrogen) atoms. The smallest absolute Gasteiger partial charge is 0.303 e. The first-order valence-electron chi connectivity index (χ1n) is 9.86. The van der Waals surface area contributed by atoms with Crippen LogP contribution in [0.2, 0.25) is 0 Å². The van der Waals surface area contributed by atoms with Crippen LogP contribution in [0.4, 0.5) is 5.69 Å². The second kappa shape index (κ2) is 10.8. The molecule has 2 rings (SSSR count). The highest BCUT2D eigenvalue weighted by atomic mass is 16.5. The summed E-state index contributed by atoms with van der Waals surface area (Å²) in [7, 11) is 0. The fourth-order valence-corrected chi connectivity index (χ4v) is 3.44. The average molecular weight is 361 g/mol. The molecule has 1 saturated carbocycles. The van der Waals surface area contributed by atoms with Crippen molar-refractivity contribution >= 4 is 17.6 Å². The van der Waals surface area contributed by atoms with Crippen molar-refractivity contribution in [2.45, 2.75) is 71.1 Å². The summed E-state index contributed by atoms with van der Waals surface area (Å²) >= 11 is 0. The molecule has 0 heterocycles. The lowest BCUT2D eigenvalue weighted by molar-refractivity contribution is -0.137. The minimum atomic E-state index is -0.825. The highest BCUT2D eigenvalue weighted by molar-refractivity contribution is 5.92. The maximum Gasteiger partial charge on any atom is 0.303 e. The highest BCUT2D eigenvalue weighted by Crippen LogP contribution is 2.29. The number of benzene rings is 1. The zero-order valence-corrected chi connectivity index (χ0v) is 15.8. The van der Waals surface area contributed by atoms with Gasteiger partial charge in [-0.15, -0.1) is 0 Å². The molecule has 0 spiro atoms. The van der Waals surface area contributed by atoms with E-state index in [1.54, 1.807) is 0 Å². The Morgan fingerprint density at radius 2 is 1.96 bits per heavy atom. The van der Waals surface area contributed by atoms with Crippen molar-refractivity contribution in [2.24, 2.45) is 5.92 Å². The van der Waals surface area contributed by atoms with Gasteiger partial charge in [-0.25, -0.2) is 0 Å². The van der Waals surface area contributed by atoms with Crippen LogP contribution in [-0.4, -0.2) is 23.6 Å². The molecule has 0 saturated heterocycles. The van der Waals surface area contributed by atoms with Gasteiger partial charge in [0.05, 0.1) is 12.3 Å². The van der Waals surface area contributed by atoms with Gasteiger partial charge in [0, 0.05) is 12.8 Å². The summed E-state index contributed by atoms with van der Waals surface area (Å²) in [4.78, 5) is 23.2.